The fourth-order valence-corrected chi connectivity index (χ4v) is 2.84. The largest absolute Gasteiger partial charge is 0.417 e. The van der Waals surface area contributed by atoms with Gasteiger partial charge in [-0.15, -0.1) is 0 Å². The minimum absolute atomic E-state index is 0.00466. The molecule has 0 unspecified atom stereocenters. The predicted octanol–water partition coefficient (Wildman–Crippen LogP) is 5.30. The molecule has 2 rings (SSSR count). The molecule has 0 saturated carbocycles. The molecule has 0 aliphatic carbocycles. The van der Waals surface area contributed by atoms with Gasteiger partial charge in [-0.1, -0.05) is 23.2 Å². The maximum atomic E-state index is 12.7. The number of thiophene rings is 1. The molecule has 0 fully saturated rings. The van der Waals surface area contributed by atoms with Gasteiger partial charge >= 0.3 is 6.18 Å². The summed E-state index contributed by atoms with van der Waals surface area (Å²) in [5, 5.41) is 2.40. The maximum Gasteiger partial charge on any atom is 0.417 e. The summed E-state index contributed by atoms with van der Waals surface area (Å²) in [6.45, 7) is 0. The van der Waals surface area contributed by atoms with Gasteiger partial charge in [0.25, 0.3) is 0 Å². The first-order chi connectivity index (χ1) is 8.80. The number of alkyl halides is 3. The predicted molar refractivity (Wildman–Crippen MR) is 69.2 cm³/mol. The molecule has 0 spiro atoms. The van der Waals surface area contributed by atoms with Crippen LogP contribution in [0, 0.1) is 0 Å². The van der Waals surface area contributed by atoms with Crippen LogP contribution in [0.1, 0.15) is 21.5 Å². The highest BCUT2D eigenvalue weighted by atomic mass is 35.5. The van der Waals surface area contributed by atoms with Crippen LogP contribution in [-0.4, -0.2) is 5.78 Å². The van der Waals surface area contributed by atoms with E-state index in [0.29, 0.717) is 5.02 Å². The summed E-state index contributed by atoms with van der Waals surface area (Å²) >= 11 is 12.3. The summed E-state index contributed by atoms with van der Waals surface area (Å²) in [6.07, 6.45) is -4.57. The van der Waals surface area contributed by atoms with Crippen LogP contribution < -0.4 is 0 Å². The van der Waals surface area contributed by atoms with E-state index in [1.54, 1.807) is 0 Å². The van der Waals surface area contributed by atoms with Crippen molar-refractivity contribution in [2.45, 2.75) is 6.18 Å². The molecule has 0 atom stereocenters. The molecule has 1 heterocycles. The fourth-order valence-electron chi connectivity index (χ4n) is 1.51. The zero-order chi connectivity index (χ0) is 14.2. The van der Waals surface area contributed by atoms with Gasteiger partial charge in [-0.2, -0.15) is 24.5 Å². The van der Waals surface area contributed by atoms with Gasteiger partial charge in [0.15, 0.2) is 5.78 Å². The van der Waals surface area contributed by atoms with Crippen molar-refractivity contribution in [3.63, 3.8) is 0 Å². The summed E-state index contributed by atoms with van der Waals surface area (Å²) in [6, 6.07) is 4.03. The average Bonchev–Trinajstić information content (AvgIpc) is 2.76. The highest BCUT2D eigenvalue weighted by Crippen LogP contribution is 2.36. The Labute approximate surface area is 120 Å². The molecule has 0 N–H and O–H groups in total. The fraction of sp³-hybridized carbons (Fsp3) is 0.0833. The van der Waals surface area contributed by atoms with Crippen molar-refractivity contribution in [1.82, 2.24) is 0 Å². The smallest absolute Gasteiger partial charge is 0.289 e. The van der Waals surface area contributed by atoms with Crippen LogP contribution >= 0.6 is 34.5 Å². The average molecular weight is 325 g/mol. The van der Waals surface area contributed by atoms with E-state index in [2.05, 4.69) is 0 Å². The summed E-state index contributed by atoms with van der Waals surface area (Å²) in [7, 11) is 0. The first-order valence-electron chi connectivity index (χ1n) is 4.94. The van der Waals surface area contributed by atoms with Crippen molar-refractivity contribution in [1.29, 1.82) is 0 Å². The number of carbonyl (C=O) groups excluding carboxylic acids is 1. The Morgan fingerprint density at radius 1 is 1.11 bits per heavy atom. The molecule has 0 amide bonds. The van der Waals surface area contributed by atoms with Gasteiger partial charge in [0.05, 0.1) is 10.6 Å². The molecule has 0 aliphatic rings. The zero-order valence-electron chi connectivity index (χ0n) is 9.09. The monoisotopic (exact) mass is 324 g/mol. The third-order valence-corrected chi connectivity index (χ3v) is 3.68. The summed E-state index contributed by atoms with van der Waals surface area (Å²) in [5.41, 5.74) is -1.36. The van der Waals surface area contributed by atoms with E-state index in [-0.39, 0.29) is 10.6 Å². The lowest BCUT2D eigenvalue weighted by atomic mass is 10.0. The van der Waals surface area contributed by atoms with Crippen LogP contribution in [0.4, 0.5) is 13.2 Å². The molecular formula is C12H5Cl2F3OS. The van der Waals surface area contributed by atoms with Gasteiger partial charge in [-0.05, 0) is 18.2 Å². The first-order valence-corrected chi connectivity index (χ1v) is 6.63. The highest BCUT2D eigenvalue weighted by molar-refractivity contribution is 7.08. The van der Waals surface area contributed by atoms with Gasteiger partial charge in [-0.25, -0.2) is 0 Å². The van der Waals surface area contributed by atoms with Crippen LogP contribution in [0.25, 0.3) is 0 Å². The second kappa shape index (κ2) is 5.15. The van der Waals surface area contributed by atoms with Crippen molar-refractivity contribution in [3.8, 4) is 0 Å². The number of ketones is 1. The SMILES string of the molecule is O=C(c1ccc(Cl)cc1Cl)c1cscc1C(F)(F)F. The zero-order valence-corrected chi connectivity index (χ0v) is 11.4. The summed E-state index contributed by atoms with van der Waals surface area (Å²) in [4.78, 5) is 12.1. The van der Waals surface area contributed by atoms with Crippen molar-refractivity contribution in [3.05, 3.63) is 55.7 Å². The number of hydrogen-bond donors (Lipinski definition) is 0. The van der Waals surface area contributed by atoms with E-state index in [9.17, 15) is 18.0 Å². The molecule has 1 aromatic carbocycles. The Kier molecular flexibility index (Phi) is 3.90. The van der Waals surface area contributed by atoms with E-state index < -0.39 is 23.1 Å². The minimum Gasteiger partial charge on any atom is -0.289 e. The first kappa shape index (κ1) is 14.4. The van der Waals surface area contributed by atoms with Crippen LogP contribution in [0.15, 0.2) is 29.0 Å². The van der Waals surface area contributed by atoms with Gasteiger partial charge in [-0.3, -0.25) is 4.79 Å². The third kappa shape index (κ3) is 2.94. The Morgan fingerprint density at radius 2 is 1.79 bits per heavy atom. The van der Waals surface area contributed by atoms with Crippen LogP contribution in [0.2, 0.25) is 10.0 Å². The second-order valence-electron chi connectivity index (χ2n) is 3.65. The highest BCUT2D eigenvalue weighted by Gasteiger charge is 2.36. The molecule has 0 bridgehead atoms. The minimum atomic E-state index is -4.57. The lowest BCUT2D eigenvalue weighted by molar-refractivity contribution is -0.137. The molecule has 0 radical (unpaired) electrons. The van der Waals surface area contributed by atoms with E-state index in [4.69, 9.17) is 23.2 Å². The van der Waals surface area contributed by atoms with E-state index in [0.717, 1.165) is 22.1 Å². The Hall–Kier alpha value is -1.04. The van der Waals surface area contributed by atoms with Gasteiger partial charge in [0.2, 0.25) is 0 Å². The Morgan fingerprint density at radius 3 is 2.37 bits per heavy atom. The number of halogens is 5. The normalized spacial score (nSPS) is 11.6. The van der Waals surface area contributed by atoms with E-state index in [1.807, 2.05) is 0 Å². The Balaban J connectivity index is 2.48. The standard InChI is InChI=1S/C12H5Cl2F3OS/c13-6-1-2-7(10(14)3-6)11(18)8-4-19-5-9(8)12(15,16)17/h1-5H. The van der Waals surface area contributed by atoms with Crippen LogP contribution in [0.3, 0.4) is 0 Å². The maximum absolute atomic E-state index is 12.7. The molecular weight excluding hydrogens is 320 g/mol. The number of benzene rings is 1. The lowest BCUT2D eigenvalue weighted by Gasteiger charge is -2.08. The molecule has 19 heavy (non-hydrogen) atoms. The number of carbonyl (C=O) groups is 1. The van der Waals surface area contributed by atoms with Gasteiger partial charge in [0, 0.05) is 26.9 Å². The molecule has 1 nitrogen and oxygen atoms in total. The van der Waals surface area contributed by atoms with Gasteiger partial charge < -0.3 is 0 Å². The van der Waals surface area contributed by atoms with Crippen molar-refractivity contribution < 1.29 is 18.0 Å². The van der Waals surface area contributed by atoms with Crippen molar-refractivity contribution in [2.24, 2.45) is 0 Å². The van der Waals surface area contributed by atoms with Crippen LogP contribution in [-0.2, 0) is 6.18 Å². The van der Waals surface area contributed by atoms with E-state index in [1.165, 1.54) is 18.2 Å². The molecule has 1 aromatic heterocycles. The second-order valence-corrected chi connectivity index (χ2v) is 5.24. The van der Waals surface area contributed by atoms with Crippen molar-refractivity contribution >= 4 is 40.3 Å². The topological polar surface area (TPSA) is 17.1 Å². The molecule has 2 aromatic rings. The number of rotatable bonds is 2. The molecule has 0 aliphatic heterocycles. The lowest BCUT2D eigenvalue weighted by Crippen LogP contribution is -2.11. The third-order valence-electron chi connectivity index (χ3n) is 2.39. The van der Waals surface area contributed by atoms with Crippen LogP contribution in [0.5, 0.6) is 0 Å². The summed E-state index contributed by atoms with van der Waals surface area (Å²) in [5.74, 6) is -0.768. The molecule has 100 valence electrons. The van der Waals surface area contributed by atoms with Gasteiger partial charge in [0.1, 0.15) is 0 Å². The Bertz CT molecular complexity index is 634. The summed E-state index contributed by atoms with van der Waals surface area (Å²) < 4.78 is 38.2. The molecule has 0 saturated heterocycles. The number of hydrogen-bond acceptors (Lipinski definition) is 2. The molecule has 7 heteroatoms. The quantitative estimate of drug-likeness (QED) is 0.684. The van der Waals surface area contributed by atoms with E-state index >= 15 is 0 Å². The van der Waals surface area contributed by atoms with Crippen molar-refractivity contribution in [2.75, 3.05) is 0 Å².